The predicted octanol–water partition coefficient (Wildman–Crippen LogP) is 7.28. The zero-order chi connectivity index (χ0) is 26.3. The quantitative estimate of drug-likeness (QED) is 0.219. The van der Waals surface area contributed by atoms with Gasteiger partial charge in [0.25, 0.3) is 0 Å². The van der Waals surface area contributed by atoms with Crippen LogP contribution in [-0.4, -0.2) is 21.6 Å². The van der Waals surface area contributed by atoms with E-state index >= 15 is 0 Å². The number of benzene rings is 4. The third-order valence-electron chi connectivity index (χ3n) is 8.20. The van der Waals surface area contributed by atoms with Gasteiger partial charge in [-0.25, -0.2) is 0 Å². The molecule has 6 rings (SSSR count). The van der Waals surface area contributed by atoms with Crippen LogP contribution >= 0.6 is 0 Å². The van der Waals surface area contributed by atoms with Crippen molar-refractivity contribution in [3.05, 3.63) is 138 Å². The Labute approximate surface area is 226 Å². The average molecular weight is 494 g/mol. The molecule has 0 bridgehead atoms. The summed E-state index contributed by atoms with van der Waals surface area (Å²) in [5, 5.41) is 0. The number of para-hydroxylation sites is 1. The highest BCUT2D eigenvalue weighted by Gasteiger charge is 2.51. The van der Waals surface area contributed by atoms with Gasteiger partial charge in [0.1, 0.15) is 6.21 Å². The maximum Gasteiger partial charge on any atom is 0.435 e. The molecule has 0 radical (unpaired) electrons. The van der Waals surface area contributed by atoms with Crippen molar-refractivity contribution in [2.75, 3.05) is 0 Å². The number of aromatic nitrogens is 1. The van der Waals surface area contributed by atoms with Gasteiger partial charge in [-0.3, -0.25) is 0 Å². The predicted molar refractivity (Wildman–Crippen MR) is 163 cm³/mol. The van der Waals surface area contributed by atoms with E-state index in [0.29, 0.717) is 11.8 Å². The molecule has 0 fully saturated rings. The molecule has 0 saturated carbocycles. The molecule has 1 aliphatic rings. The lowest BCUT2D eigenvalue weighted by Crippen LogP contribution is -2.69. The van der Waals surface area contributed by atoms with E-state index in [1.54, 1.807) is 0 Å². The summed E-state index contributed by atoms with van der Waals surface area (Å²) < 4.78 is 5.25. The summed E-state index contributed by atoms with van der Waals surface area (Å²) in [5.41, 5.74) is 10.4. The van der Waals surface area contributed by atoms with Crippen LogP contribution in [0.25, 0.3) is 11.3 Å². The fourth-order valence-corrected chi connectivity index (χ4v) is 6.52. The third-order valence-corrected chi connectivity index (χ3v) is 8.20. The molecule has 1 aliphatic heterocycles. The van der Waals surface area contributed by atoms with Gasteiger partial charge >= 0.3 is 6.42 Å². The van der Waals surface area contributed by atoms with Gasteiger partial charge in [0.2, 0.25) is 0 Å². The van der Waals surface area contributed by atoms with Crippen molar-refractivity contribution in [3.63, 3.8) is 0 Å². The summed E-state index contributed by atoms with van der Waals surface area (Å²) in [5.74, 6) is 0.788. The van der Waals surface area contributed by atoms with Crippen molar-refractivity contribution in [3.8, 4) is 11.3 Å². The Morgan fingerprint density at radius 2 is 1.05 bits per heavy atom. The van der Waals surface area contributed by atoms with Crippen LogP contribution in [0, 0.1) is 0 Å². The summed E-state index contributed by atoms with van der Waals surface area (Å²) >= 11 is 0. The molecule has 0 spiro atoms. The van der Waals surface area contributed by atoms with Crippen LogP contribution in [0.3, 0.4) is 0 Å². The lowest BCUT2D eigenvalue weighted by Gasteiger charge is -2.39. The molecule has 0 unspecified atom stereocenters. The Hall–Kier alpha value is -4.11. The SMILES string of the molecule is CC(C)c1cccc(C(C)C)c1[N+]1=Cc2ccc(-c3ccccc3)n2[B-]1(c1ccccc1)c1ccccc1. The Morgan fingerprint density at radius 1 is 0.553 bits per heavy atom. The molecule has 0 amide bonds. The van der Waals surface area contributed by atoms with Gasteiger partial charge in [0, 0.05) is 16.8 Å². The van der Waals surface area contributed by atoms with E-state index in [2.05, 4.69) is 164 Å². The van der Waals surface area contributed by atoms with E-state index in [-0.39, 0.29) is 0 Å². The first-order valence-corrected chi connectivity index (χ1v) is 13.8. The summed E-state index contributed by atoms with van der Waals surface area (Å²) in [6, 6.07) is 44.5. The topological polar surface area (TPSA) is 7.94 Å². The molecule has 0 aliphatic carbocycles. The van der Waals surface area contributed by atoms with Crippen molar-refractivity contribution in [1.29, 1.82) is 0 Å². The average Bonchev–Trinajstić information content (AvgIpc) is 3.52. The van der Waals surface area contributed by atoms with Gasteiger partial charge in [-0.2, -0.15) is 0 Å². The molecule has 38 heavy (non-hydrogen) atoms. The fraction of sp³-hybridized carbons (Fsp3) is 0.171. The highest BCUT2D eigenvalue weighted by molar-refractivity contribution is 6.96. The van der Waals surface area contributed by atoms with Gasteiger partial charge in [0.15, 0.2) is 5.69 Å². The van der Waals surface area contributed by atoms with Crippen LogP contribution in [0.1, 0.15) is 56.4 Å². The summed E-state index contributed by atoms with van der Waals surface area (Å²) in [6.07, 6.45) is 0.810. The standard InChI is InChI=1S/C35H35BN2/c1-26(2)32-21-14-22-33(27(3)4)35(32)37-25-31-23-24-34(28-15-8-5-9-16-28)38(31)36(37,29-17-10-6-11-18-29)30-19-12-7-13-20-30/h5-27H,1-4H3. The first-order chi connectivity index (χ1) is 18.5. The first kappa shape index (κ1) is 24.2. The van der Waals surface area contributed by atoms with Gasteiger partial charge in [-0.1, -0.05) is 137 Å². The van der Waals surface area contributed by atoms with Crippen LogP contribution in [0.15, 0.2) is 121 Å². The van der Waals surface area contributed by atoms with Crippen LogP contribution in [0.4, 0.5) is 5.69 Å². The molecule has 1 aromatic heterocycles. The van der Waals surface area contributed by atoms with E-state index in [0.717, 1.165) is 0 Å². The van der Waals surface area contributed by atoms with Gasteiger partial charge in [-0.05, 0) is 29.5 Å². The third kappa shape index (κ3) is 3.68. The Morgan fingerprint density at radius 3 is 1.55 bits per heavy atom. The van der Waals surface area contributed by atoms with Gasteiger partial charge in [0.05, 0.1) is 5.69 Å². The normalized spacial score (nSPS) is 14.1. The minimum Gasteiger partial charge on any atom is -0.442 e. The van der Waals surface area contributed by atoms with Gasteiger partial charge < -0.3 is 8.96 Å². The second kappa shape index (κ2) is 9.65. The molecule has 2 nitrogen and oxygen atoms in total. The summed E-state index contributed by atoms with van der Waals surface area (Å²) in [7, 11) is 0. The number of hydrogen-bond donors (Lipinski definition) is 0. The molecule has 0 saturated heterocycles. The molecule has 0 N–H and O–H groups in total. The Kier molecular flexibility index (Phi) is 6.16. The van der Waals surface area contributed by atoms with E-state index in [9.17, 15) is 0 Å². The smallest absolute Gasteiger partial charge is 0.435 e. The summed E-state index contributed by atoms with van der Waals surface area (Å²) in [4.78, 5) is 0. The van der Waals surface area contributed by atoms with E-state index in [1.807, 2.05) is 0 Å². The molecule has 3 heteroatoms. The Balaban J connectivity index is 1.78. The number of nitrogens with zero attached hydrogens (tertiary/aromatic N) is 2. The molecule has 0 atom stereocenters. The molecule has 2 heterocycles. The molecular weight excluding hydrogens is 459 g/mol. The summed E-state index contributed by atoms with van der Waals surface area (Å²) in [6.45, 7) is 9.26. The van der Waals surface area contributed by atoms with Crippen LogP contribution in [0.2, 0.25) is 0 Å². The molecule has 4 aromatic carbocycles. The van der Waals surface area contributed by atoms with Crippen LogP contribution < -0.4 is 10.9 Å². The second-order valence-corrected chi connectivity index (χ2v) is 11.1. The zero-order valence-corrected chi connectivity index (χ0v) is 22.8. The maximum absolute atomic E-state index is 2.64. The van der Waals surface area contributed by atoms with Crippen molar-refractivity contribution < 1.29 is 4.49 Å². The van der Waals surface area contributed by atoms with Crippen molar-refractivity contribution >= 4 is 29.2 Å². The number of rotatable bonds is 6. The monoisotopic (exact) mass is 494 g/mol. The minimum absolute atomic E-state index is 0.394. The lowest BCUT2D eigenvalue weighted by molar-refractivity contribution is -0.286. The molecular formula is C35H35BN2. The first-order valence-electron chi connectivity index (χ1n) is 13.8. The molecule has 188 valence electrons. The van der Waals surface area contributed by atoms with E-state index in [1.165, 1.54) is 44.7 Å². The zero-order valence-electron chi connectivity index (χ0n) is 22.8. The van der Waals surface area contributed by atoms with Gasteiger partial charge in [-0.15, -0.1) is 10.9 Å². The molecule has 5 aromatic rings. The fourth-order valence-electron chi connectivity index (χ4n) is 6.52. The number of fused-ring (bicyclic) bond motifs is 1. The van der Waals surface area contributed by atoms with Crippen molar-refractivity contribution in [2.45, 2.75) is 39.5 Å². The minimum atomic E-state index is -1.59. The largest absolute Gasteiger partial charge is 0.442 e. The maximum atomic E-state index is 2.64. The van der Waals surface area contributed by atoms with Crippen LogP contribution in [-0.2, 0) is 0 Å². The number of hydrogen-bond acceptors (Lipinski definition) is 0. The highest BCUT2D eigenvalue weighted by atomic mass is 15.2. The van der Waals surface area contributed by atoms with Crippen molar-refractivity contribution in [1.82, 2.24) is 4.48 Å². The van der Waals surface area contributed by atoms with E-state index < -0.39 is 6.42 Å². The second-order valence-electron chi connectivity index (χ2n) is 11.1. The lowest BCUT2D eigenvalue weighted by atomic mass is 9.36. The highest BCUT2D eigenvalue weighted by Crippen LogP contribution is 2.40. The van der Waals surface area contributed by atoms with Crippen molar-refractivity contribution in [2.24, 2.45) is 0 Å². The van der Waals surface area contributed by atoms with E-state index in [4.69, 9.17) is 0 Å². The Bertz CT molecular complexity index is 1530. The van der Waals surface area contributed by atoms with Crippen LogP contribution in [0.5, 0.6) is 0 Å².